The van der Waals surface area contributed by atoms with E-state index in [1.54, 1.807) is 7.11 Å². The highest BCUT2D eigenvalue weighted by Crippen LogP contribution is 2.21. The Morgan fingerprint density at radius 3 is 2.38 bits per heavy atom. The second-order valence-corrected chi connectivity index (χ2v) is 5.08. The summed E-state index contributed by atoms with van der Waals surface area (Å²) in [5.41, 5.74) is 8.29. The summed E-state index contributed by atoms with van der Waals surface area (Å²) >= 11 is 0. The lowest BCUT2D eigenvalue weighted by molar-refractivity contribution is 0.290. The largest absolute Gasteiger partial charge is 0.497 e. The van der Waals surface area contributed by atoms with E-state index in [1.165, 1.54) is 0 Å². The van der Waals surface area contributed by atoms with Crippen molar-refractivity contribution in [2.45, 2.75) is 6.04 Å². The second-order valence-electron chi connectivity index (χ2n) is 5.08. The average molecular weight is 286 g/mol. The second kappa shape index (κ2) is 6.99. The lowest BCUT2D eigenvalue weighted by atomic mass is 10.1. The summed E-state index contributed by atoms with van der Waals surface area (Å²) in [4.78, 5) is 2.04. The van der Waals surface area contributed by atoms with Gasteiger partial charge < -0.3 is 20.1 Å². The SMILES string of the molecule is COc1ccc(C(N)COc2cccc(N(C)C)c2)cc1. The molecule has 112 valence electrons. The smallest absolute Gasteiger partial charge is 0.121 e. The number of hydrogen-bond donors (Lipinski definition) is 1. The molecule has 2 rings (SSSR count). The maximum absolute atomic E-state index is 6.16. The Morgan fingerprint density at radius 2 is 1.76 bits per heavy atom. The van der Waals surface area contributed by atoms with Crippen molar-refractivity contribution in [2.75, 3.05) is 32.7 Å². The Labute approximate surface area is 126 Å². The lowest BCUT2D eigenvalue weighted by Gasteiger charge is -2.16. The molecule has 2 N–H and O–H groups in total. The van der Waals surface area contributed by atoms with Gasteiger partial charge in [-0.2, -0.15) is 0 Å². The molecule has 0 bridgehead atoms. The number of ether oxygens (including phenoxy) is 2. The van der Waals surface area contributed by atoms with Crippen molar-refractivity contribution in [1.29, 1.82) is 0 Å². The molecule has 4 nitrogen and oxygen atoms in total. The predicted octanol–water partition coefficient (Wildman–Crippen LogP) is 2.84. The van der Waals surface area contributed by atoms with Crippen LogP contribution in [0.4, 0.5) is 5.69 Å². The van der Waals surface area contributed by atoms with E-state index in [0.717, 1.165) is 22.7 Å². The Hall–Kier alpha value is -2.20. The van der Waals surface area contributed by atoms with E-state index in [0.29, 0.717) is 6.61 Å². The molecule has 0 aromatic heterocycles. The summed E-state index contributed by atoms with van der Waals surface area (Å²) in [5, 5.41) is 0. The zero-order chi connectivity index (χ0) is 15.2. The minimum absolute atomic E-state index is 0.168. The molecule has 0 saturated heterocycles. The number of benzene rings is 2. The molecule has 0 aliphatic heterocycles. The first kappa shape index (κ1) is 15.2. The topological polar surface area (TPSA) is 47.7 Å². The summed E-state index contributed by atoms with van der Waals surface area (Å²) in [5.74, 6) is 1.65. The summed E-state index contributed by atoms with van der Waals surface area (Å²) in [6.45, 7) is 0.434. The normalized spacial score (nSPS) is 11.8. The zero-order valence-corrected chi connectivity index (χ0v) is 12.7. The van der Waals surface area contributed by atoms with Gasteiger partial charge in [0.25, 0.3) is 0 Å². The summed E-state index contributed by atoms with van der Waals surface area (Å²) in [7, 11) is 5.65. The molecule has 1 unspecified atom stereocenters. The fraction of sp³-hybridized carbons (Fsp3) is 0.294. The highest BCUT2D eigenvalue weighted by atomic mass is 16.5. The molecule has 0 heterocycles. The van der Waals surface area contributed by atoms with Gasteiger partial charge >= 0.3 is 0 Å². The Kier molecular flexibility index (Phi) is 5.06. The predicted molar refractivity (Wildman–Crippen MR) is 86.2 cm³/mol. The molecule has 2 aromatic carbocycles. The van der Waals surface area contributed by atoms with Crippen molar-refractivity contribution in [3.8, 4) is 11.5 Å². The summed E-state index contributed by atoms with van der Waals surface area (Å²) in [6.07, 6.45) is 0. The minimum Gasteiger partial charge on any atom is -0.497 e. The van der Waals surface area contributed by atoms with Gasteiger partial charge in [0, 0.05) is 25.8 Å². The maximum atomic E-state index is 6.16. The molecule has 0 aliphatic rings. The number of anilines is 1. The molecule has 0 amide bonds. The van der Waals surface area contributed by atoms with Crippen LogP contribution < -0.4 is 20.1 Å². The lowest BCUT2D eigenvalue weighted by Crippen LogP contribution is -2.19. The third kappa shape index (κ3) is 4.13. The first-order valence-electron chi connectivity index (χ1n) is 6.90. The Balaban J connectivity index is 1.96. The van der Waals surface area contributed by atoms with Crippen molar-refractivity contribution in [3.05, 3.63) is 54.1 Å². The third-order valence-electron chi connectivity index (χ3n) is 3.31. The number of rotatable bonds is 6. The first-order chi connectivity index (χ1) is 10.1. The maximum Gasteiger partial charge on any atom is 0.121 e. The zero-order valence-electron chi connectivity index (χ0n) is 12.7. The van der Waals surface area contributed by atoms with Crippen molar-refractivity contribution in [2.24, 2.45) is 5.73 Å². The monoisotopic (exact) mass is 286 g/mol. The molecular weight excluding hydrogens is 264 g/mol. The fourth-order valence-corrected chi connectivity index (χ4v) is 1.98. The van der Waals surface area contributed by atoms with E-state index in [4.69, 9.17) is 15.2 Å². The van der Waals surface area contributed by atoms with Gasteiger partial charge in [0.2, 0.25) is 0 Å². The standard InChI is InChI=1S/C17H22N2O2/c1-19(2)14-5-4-6-16(11-14)21-12-17(18)13-7-9-15(20-3)10-8-13/h4-11,17H,12,18H2,1-3H3. The molecule has 0 aliphatic carbocycles. The van der Waals surface area contributed by atoms with Crippen LogP contribution in [0.3, 0.4) is 0 Å². The van der Waals surface area contributed by atoms with Gasteiger partial charge in [-0.25, -0.2) is 0 Å². The number of methoxy groups -OCH3 is 1. The number of nitrogens with zero attached hydrogens (tertiary/aromatic N) is 1. The molecule has 1 atom stereocenters. The molecule has 0 fully saturated rings. The molecular formula is C17H22N2O2. The molecule has 4 heteroatoms. The van der Waals surface area contributed by atoms with Crippen LogP contribution in [0.2, 0.25) is 0 Å². The molecule has 0 saturated carbocycles. The minimum atomic E-state index is -0.168. The highest BCUT2D eigenvalue weighted by Gasteiger charge is 2.07. The quantitative estimate of drug-likeness (QED) is 0.887. The van der Waals surface area contributed by atoms with Crippen LogP contribution in [0.5, 0.6) is 11.5 Å². The molecule has 2 aromatic rings. The first-order valence-corrected chi connectivity index (χ1v) is 6.90. The van der Waals surface area contributed by atoms with Gasteiger partial charge in [0.05, 0.1) is 13.2 Å². The highest BCUT2D eigenvalue weighted by molar-refractivity contribution is 5.49. The van der Waals surface area contributed by atoms with Crippen molar-refractivity contribution in [1.82, 2.24) is 0 Å². The van der Waals surface area contributed by atoms with Crippen molar-refractivity contribution < 1.29 is 9.47 Å². The van der Waals surface area contributed by atoms with Gasteiger partial charge in [0.1, 0.15) is 18.1 Å². The van der Waals surface area contributed by atoms with Crippen molar-refractivity contribution >= 4 is 5.69 Å². The van der Waals surface area contributed by atoms with E-state index >= 15 is 0 Å². The van der Waals surface area contributed by atoms with Gasteiger partial charge in [0.15, 0.2) is 0 Å². The van der Waals surface area contributed by atoms with Gasteiger partial charge in [-0.05, 0) is 29.8 Å². The van der Waals surface area contributed by atoms with Crippen LogP contribution in [0.15, 0.2) is 48.5 Å². The molecule has 21 heavy (non-hydrogen) atoms. The van der Waals surface area contributed by atoms with Gasteiger partial charge in [-0.3, -0.25) is 0 Å². The van der Waals surface area contributed by atoms with Gasteiger partial charge in [-0.15, -0.1) is 0 Å². The van der Waals surface area contributed by atoms with E-state index in [9.17, 15) is 0 Å². The third-order valence-corrected chi connectivity index (χ3v) is 3.31. The summed E-state index contributed by atoms with van der Waals surface area (Å²) in [6, 6.07) is 15.5. The van der Waals surface area contributed by atoms with Crippen LogP contribution in [-0.2, 0) is 0 Å². The van der Waals surface area contributed by atoms with Crippen LogP contribution in [0, 0.1) is 0 Å². The van der Waals surface area contributed by atoms with E-state index in [1.807, 2.05) is 67.5 Å². The number of hydrogen-bond acceptors (Lipinski definition) is 4. The number of nitrogens with two attached hydrogens (primary N) is 1. The van der Waals surface area contributed by atoms with Gasteiger partial charge in [-0.1, -0.05) is 18.2 Å². The van der Waals surface area contributed by atoms with E-state index in [-0.39, 0.29) is 6.04 Å². The molecule has 0 radical (unpaired) electrons. The van der Waals surface area contributed by atoms with Crippen LogP contribution in [-0.4, -0.2) is 27.8 Å². The molecule has 0 spiro atoms. The average Bonchev–Trinajstić information content (AvgIpc) is 2.53. The fourth-order valence-electron chi connectivity index (χ4n) is 1.98. The van der Waals surface area contributed by atoms with Crippen LogP contribution in [0.1, 0.15) is 11.6 Å². The van der Waals surface area contributed by atoms with E-state index in [2.05, 4.69) is 0 Å². The van der Waals surface area contributed by atoms with Crippen LogP contribution >= 0.6 is 0 Å². The Bertz CT molecular complexity index is 567. The summed E-state index contributed by atoms with van der Waals surface area (Å²) < 4.78 is 10.9. The Morgan fingerprint density at radius 1 is 1.05 bits per heavy atom. The van der Waals surface area contributed by atoms with Crippen LogP contribution in [0.25, 0.3) is 0 Å². The van der Waals surface area contributed by atoms with E-state index < -0.39 is 0 Å². The van der Waals surface area contributed by atoms with Crippen molar-refractivity contribution in [3.63, 3.8) is 0 Å².